The van der Waals surface area contributed by atoms with Gasteiger partial charge in [0.25, 0.3) is 0 Å². The molecule has 0 bridgehead atoms. The molecule has 0 saturated heterocycles. The predicted molar refractivity (Wildman–Crippen MR) is 151 cm³/mol. The van der Waals surface area contributed by atoms with Gasteiger partial charge in [-0.3, -0.25) is 9.98 Å². The van der Waals surface area contributed by atoms with Crippen molar-refractivity contribution < 1.29 is 17.6 Å². The van der Waals surface area contributed by atoms with Crippen LogP contribution in [0.15, 0.2) is 55.3 Å². The van der Waals surface area contributed by atoms with E-state index in [2.05, 4.69) is 33.6 Å². The molecular weight excluding hydrogens is 528 g/mol. The summed E-state index contributed by atoms with van der Waals surface area (Å²) in [6, 6.07) is 4.83. The molecule has 0 aromatic heterocycles. The Bertz CT molecular complexity index is 1380. The first-order valence-corrected chi connectivity index (χ1v) is 13.5. The molecule has 4 N–H and O–H groups in total. The van der Waals surface area contributed by atoms with Crippen LogP contribution in [0.2, 0.25) is 0 Å². The molecule has 5 atom stereocenters. The number of hydrogen-bond acceptors (Lipinski definition) is 5. The summed E-state index contributed by atoms with van der Waals surface area (Å²) in [5.41, 5.74) is 12.5. The third-order valence-corrected chi connectivity index (χ3v) is 8.16. The fourth-order valence-corrected chi connectivity index (χ4v) is 6.21. The van der Waals surface area contributed by atoms with Crippen molar-refractivity contribution in [2.45, 2.75) is 38.1 Å². The van der Waals surface area contributed by atoms with Crippen LogP contribution in [0.5, 0.6) is 0 Å². The van der Waals surface area contributed by atoms with Gasteiger partial charge in [0.2, 0.25) is 0 Å². The van der Waals surface area contributed by atoms with Crippen molar-refractivity contribution in [1.82, 2.24) is 0 Å². The van der Waals surface area contributed by atoms with E-state index < -0.39 is 23.3 Å². The summed E-state index contributed by atoms with van der Waals surface area (Å²) in [7, 11) is 0. The summed E-state index contributed by atoms with van der Waals surface area (Å²) in [6.07, 6.45) is 3.19. The Morgan fingerprint density at radius 2 is 1.77 bits per heavy atom. The first-order valence-electron chi connectivity index (χ1n) is 12.5. The minimum Gasteiger partial charge on any atom is -0.404 e. The lowest BCUT2D eigenvalue weighted by Gasteiger charge is -2.17. The van der Waals surface area contributed by atoms with Crippen LogP contribution in [0.1, 0.15) is 32.8 Å². The van der Waals surface area contributed by atoms with Crippen LogP contribution in [0.25, 0.3) is 5.57 Å². The molecule has 206 valence electrons. The van der Waals surface area contributed by atoms with Gasteiger partial charge in [0.15, 0.2) is 23.3 Å². The van der Waals surface area contributed by atoms with Crippen molar-refractivity contribution in [2.75, 3.05) is 5.75 Å². The highest BCUT2D eigenvalue weighted by Crippen LogP contribution is 2.62. The molecule has 11 heteroatoms. The Hall–Kier alpha value is -3.47. The molecule has 0 spiro atoms. The largest absolute Gasteiger partial charge is 0.404 e. The van der Waals surface area contributed by atoms with Gasteiger partial charge in [-0.1, -0.05) is 13.8 Å². The van der Waals surface area contributed by atoms with Gasteiger partial charge in [0.05, 0.1) is 22.5 Å². The van der Waals surface area contributed by atoms with Crippen LogP contribution < -0.4 is 11.5 Å². The lowest BCUT2D eigenvalue weighted by molar-refractivity contribution is 0.447. The van der Waals surface area contributed by atoms with E-state index in [9.17, 15) is 13.2 Å². The molecule has 2 aromatic carbocycles. The second-order valence-corrected chi connectivity index (χ2v) is 10.9. The topological polar surface area (TPSA) is 101 Å². The van der Waals surface area contributed by atoms with E-state index in [1.807, 2.05) is 6.92 Å². The van der Waals surface area contributed by atoms with Gasteiger partial charge in [-0.25, -0.2) is 27.5 Å². The number of amidine groups is 2. The number of allylic oxidation sites excluding steroid dienone is 1. The molecule has 2 aliphatic rings. The molecule has 2 aromatic rings. The maximum absolute atomic E-state index is 15.4. The van der Waals surface area contributed by atoms with E-state index in [0.29, 0.717) is 40.3 Å². The van der Waals surface area contributed by atoms with Gasteiger partial charge in [0, 0.05) is 23.9 Å². The fraction of sp³-hybridized carbons (Fsp3) is 0.357. The SMILES string of the molecule is C=Nc1ccc(N=C(N=C(C)N)C2CC(N=CC(=CN)c3cc(F)c(F)c(F)c3)C3C(C)C23)c(F)c1SCC. The normalized spacial score (nSPS) is 25.3. The summed E-state index contributed by atoms with van der Waals surface area (Å²) < 4.78 is 56.4. The first-order chi connectivity index (χ1) is 18.6. The second-order valence-electron chi connectivity index (χ2n) is 9.64. The van der Waals surface area contributed by atoms with Crippen molar-refractivity contribution in [3.8, 4) is 0 Å². The molecule has 0 heterocycles. The number of nitrogens with two attached hydrogens (primary N) is 2. The Labute approximate surface area is 229 Å². The number of fused-ring (bicyclic) bond motifs is 1. The molecule has 6 nitrogen and oxygen atoms in total. The Kier molecular flexibility index (Phi) is 8.58. The lowest BCUT2D eigenvalue weighted by atomic mass is 9.97. The average molecular weight is 559 g/mol. The van der Waals surface area contributed by atoms with Crippen LogP contribution in [-0.4, -0.2) is 36.4 Å². The number of thioether (sulfide) groups is 1. The van der Waals surface area contributed by atoms with Crippen molar-refractivity contribution in [2.24, 2.45) is 55.1 Å². The van der Waals surface area contributed by atoms with Gasteiger partial charge in [-0.2, -0.15) is 0 Å². The zero-order valence-electron chi connectivity index (χ0n) is 21.8. The third kappa shape index (κ3) is 5.78. The maximum atomic E-state index is 15.4. The summed E-state index contributed by atoms with van der Waals surface area (Å²) in [5.74, 6) is -2.68. The maximum Gasteiger partial charge on any atom is 0.194 e. The minimum atomic E-state index is -1.55. The number of aliphatic imine (C=N–C) groups is 4. The lowest BCUT2D eigenvalue weighted by Crippen LogP contribution is -2.20. The summed E-state index contributed by atoms with van der Waals surface area (Å²) in [4.78, 5) is 18.1. The van der Waals surface area contributed by atoms with Gasteiger partial charge in [-0.05, 0) is 73.4 Å². The number of nitrogens with zero attached hydrogens (tertiary/aromatic N) is 4. The molecular formula is C28H30F4N6S. The van der Waals surface area contributed by atoms with Crippen molar-refractivity contribution >= 4 is 53.3 Å². The monoisotopic (exact) mass is 558 g/mol. The van der Waals surface area contributed by atoms with Gasteiger partial charge < -0.3 is 11.5 Å². The smallest absolute Gasteiger partial charge is 0.194 e. The minimum absolute atomic E-state index is 0.0758. The molecule has 0 amide bonds. The molecule has 39 heavy (non-hydrogen) atoms. The quantitative estimate of drug-likeness (QED) is 0.128. The zero-order valence-corrected chi connectivity index (χ0v) is 22.7. The van der Waals surface area contributed by atoms with Crippen LogP contribution >= 0.6 is 11.8 Å². The molecule has 2 saturated carbocycles. The first kappa shape index (κ1) is 28.5. The number of halogens is 4. The molecule has 2 fully saturated rings. The zero-order chi connectivity index (χ0) is 28.4. The van der Waals surface area contributed by atoms with E-state index >= 15 is 4.39 Å². The number of rotatable bonds is 8. The third-order valence-electron chi connectivity index (χ3n) is 7.20. The van der Waals surface area contributed by atoms with Crippen LogP contribution in [-0.2, 0) is 0 Å². The number of benzene rings is 2. The number of hydrogen-bond donors (Lipinski definition) is 2. The molecule has 4 rings (SSSR count). The van der Waals surface area contributed by atoms with Gasteiger partial charge >= 0.3 is 0 Å². The molecule has 0 aliphatic heterocycles. The van der Waals surface area contributed by atoms with Gasteiger partial charge in [0.1, 0.15) is 11.5 Å². The average Bonchev–Trinajstić information content (AvgIpc) is 3.39. The van der Waals surface area contributed by atoms with Crippen molar-refractivity contribution in [3.63, 3.8) is 0 Å². The van der Waals surface area contributed by atoms with Crippen LogP contribution in [0, 0.1) is 46.9 Å². The summed E-state index contributed by atoms with van der Waals surface area (Å²) in [6.45, 7) is 9.19. The van der Waals surface area contributed by atoms with Crippen molar-refractivity contribution in [1.29, 1.82) is 0 Å². The van der Waals surface area contributed by atoms with E-state index in [-0.39, 0.29) is 40.6 Å². The Morgan fingerprint density at radius 1 is 1.10 bits per heavy atom. The summed E-state index contributed by atoms with van der Waals surface area (Å²) in [5, 5.41) is 0. The van der Waals surface area contributed by atoms with Gasteiger partial charge in [-0.15, -0.1) is 11.8 Å². The highest BCUT2D eigenvalue weighted by atomic mass is 32.2. The summed E-state index contributed by atoms with van der Waals surface area (Å²) >= 11 is 1.32. The van der Waals surface area contributed by atoms with Crippen molar-refractivity contribution in [3.05, 3.63) is 59.3 Å². The van der Waals surface area contributed by atoms with Crippen LogP contribution in [0.4, 0.5) is 28.9 Å². The second kappa shape index (κ2) is 11.7. The highest BCUT2D eigenvalue weighted by Gasteiger charge is 2.61. The Morgan fingerprint density at radius 3 is 2.36 bits per heavy atom. The van der Waals surface area contributed by atoms with E-state index in [1.165, 1.54) is 24.2 Å². The van der Waals surface area contributed by atoms with E-state index in [1.54, 1.807) is 19.1 Å². The predicted octanol–water partition coefficient (Wildman–Crippen LogP) is 6.44. The van der Waals surface area contributed by atoms with E-state index in [0.717, 1.165) is 12.1 Å². The fourth-order valence-electron chi connectivity index (χ4n) is 5.41. The molecule has 2 aliphatic carbocycles. The molecule has 5 unspecified atom stereocenters. The van der Waals surface area contributed by atoms with Crippen LogP contribution in [0.3, 0.4) is 0 Å². The standard InChI is InChI=1S/C28H30F4N6S/c1-5-39-27-21(35-4)7-6-20(26(27)32)38-28(37-14(3)34)17-10-22(24-13(2)23(17)24)36-12-16(11-33)15-8-18(29)25(31)19(30)9-15/h6-9,11-13,17,22-24H,4-5,10,33H2,1-3H3,(H2,34,37,38). The highest BCUT2D eigenvalue weighted by molar-refractivity contribution is 7.99. The molecule has 0 radical (unpaired) electrons. The van der Waals surface area contributed by atoms with E-state index in [4.69, 9.17) is 11.5 Å². The Balaban J connectivity index is 1.64.